The zero-order valence-electron chi connectivity index (χ0n) is 12.6. The minimum Gasteiger partial charge on any atom is -0.371 e. The summed E-state index contributed by atoms with van der Waals surface area (Å²) in [5.41, 5.74) is 2.21. The Balaban J connectivity index is 2.03. The van der Waals surface area contributed by atoms with E-state index in [1.54, 1.807) is 0 Å². The van der Waals surface area contributed by atoms with Gasteiger partial charge in [-0.15, -0.1) is 0 Å². The largest absolute Gasteiger partial charge is 0.391 e. The fourth-order valence-electron chi connectivity index (χ4n) is 2.73. The highest BCUT2D eigenvalue weighted by atomic mass is 19.4. The van der Waals surface area contributed by atoms with Gasteiger partial charge in [0.05, 0.1) is 5.92 Å². The van der Waals surface area contributed by atoms with Gasteiger partial charge in [0.2, 0.25) is 0 Å². The molecule has 1 aromatic carbocycles. The van der Waals surface area contributed by atoms with Gasteiger partial charge in [-0.1, -0.05) is 32.0 Å². The molecule has 0 amide bonds. The SMILES string of the molecule is CC(C)NCc1ccccc1N1CCC(C(F)(F)F)CC1. The number of piperidine rings is 1. The maximum Gasteiger partial charge on any atom is 0.391 e. The molecule has 1 fully saturated rings. The Bertz CT molecular complexity index is 449. The van der Waals surface area contributed by atoms with Crippen LogP contribution in [0.5, 0.6) is 0 Å². The fraction of sp³-hybridized carbons (Fsp3) is 0.625. The first-order chi connectivity index (χ1) is 9.88. The summed E-state index contributed by atoms with van der Waals surface area (Å²) >= 11 is 0. The smallest absolute Gasteiger partial charge is 0.371 e. The molecule has 2 nitrogen and oxygen atoms in total. The molecule has 0 radical (unpaired) electrons. The summed E-state index contributed by atoms with van der Waals surface area (Å²) in [5, 5.41) is 3.37. The summed E-state index contributed by atoms with van der Waals surface area (Å²) in [5.74, 6) is -1.14. The van der Waals surface area contributed by atoms with Crippen molar-refractivity contribution in [3.05, 3.63) is 29.8 Å². The Morgan fingerprint density at radius 1 is 1.19 bits per heavy atom. The molecule has 0 saturated carbocycles. The third-order valence-electron chi connectivity index (χ3n) is 3.99. The van der Waals surface area contributed by atoms with E-state index in [0.29, 0.717) is 19.1 Å². The van der Waals surface area contributed by atoms with E-state index in [-0.39, 0.29) is 12.8 Å². The second-order valence-electron chi connectivity index (χ2n) is 5.97. The molecule has 1 aliphatic heterocycles. The molecule has 1 saturated heterocycles. The van der Waals surface area contributed by atoms with Crippen LogP contribution in [-0.4, -0.2) is 25.3 Å². The van der Waals surface area contributed by atoms with E-state index >= 15 is 0 Å². The van der Waals surface area contributed by atoms with E-state index < -0.39 is 12.1 Å². The normalized spacial score (nSPS) is 17.5. The number of anilines is 1. The summed E-state index contributed by atoms with van der Waals surface area (Å²) in [4.78, 5) is 2.08. The van der Waals surface area contributed by atoms with Crippen molar-refractivity contribution in [1.82, 2.24) is 5.32 Å². The number of alkyl halides is 3. The maximum absolute atomic E-state index is 12.7. The van der Waals surface area contributed by atoms with Gasteiger partial charge in [0, 0.05) is 31.4 Å². The number of halogens is 3. The summed E-state index contributed by atoms with van der Waals surface area (Å²) in [7, 11) is 0. The predicted octanol–water partition coefficient (Wildman–Crippen LogP) is 3.96. The van der Waals surface area contributed by atoms with Crippen molar-refractivity contribution in [3.8, 4) is 0 Å². The van der Waals surface area contributed by atoms with E-state index in [2.05, 4.69) is 24.1 Å². The van der Waals surface area contributed by atoms with Crippen LogP contribution < -0.4 is 10.2 Å². The van der Waals surface area contributed by atoms with E-state index in [9.17, 15) is 13.2 Å². The second-order valence-corrected chi connectivity index (χ2v) is 5.97. The Hall–Kier alpha value is -1.23. The Kier molecular flexibility index (Phi) is 5.14. The standard InChI is InChI=1S/C16H23F3N2/c1-12(2)20-11-13-5-3-4-6-15(13)21-9-7-14(8-10-21)16(17,18)19/h3-6,12,14,20H,7-11H2,1-2H3. The van der Waals surface area contributed by atoms with Crippen molar-refractivity contribution in [3.63, 3.8) is 0 Å². The summed E-state index contributed by atoms with van der Waals surface area (Å²) in [6.45, 7) is 5.85. The van der Waals surface area contributed by atoms with E-state index in [1.807, 2.05) is 24.3 Å². The van der Waals surface area contributed by atoms with Crippen LogP contribution in [0.3, 0.4) is 0 Å². The molecule has 5 heteroatoms. The summed E-state index contributed by atoms with van der Waals surface area (Å²) in [6.07, 6.45) is -3.67. The Labute approximate surface area is 124 Å². The van der Waals surface area contributed by atoms with Gasteiger partial charge in [0.15, 0.2) is 0 Å². The topological polar surface area (TPSA) is 15.3 Å². The molecule has 2 rings (SSSR count). The molecular weight excluding hydrogens is 277 g/mol. The van der Waals surface area contributed by atoms with Gasteiger partial charge in [-0.05, 0) is 24.5 Å². The van der Waals surface area contributed by atoms with Gasteiger partial charge in [-0.3, -0.25) is 0 Å². The summed E-state index contributed by atoms with van der Waals surface area (Å²) in [6, 6.07) is 8.35. The lowest BCUT2D eigenvalue weighted by Gasteiger charge is -2.35. The molecule has 0 aliphatic carbocycles. The highest BCUT2D eigenvalue weighted by molar-refractivity contribution is 5.54. The van der Waals surface area contributed by atoms with Crippen molar-refractivity contribution in [2.24, 2.45) is 5.92 Å². The lowest BCUT2D eigenvalue weighted by molar-refractivity contribution is -0.179. The molecule has 1 aromatic rings. The van der Waals surface area contributed by atoms with Crippen LogP contribution >= 0.6 is 0 Å². The minimum atomic E-state index is -4.05. The van der Waals surface area contributed by atoms with Crippen molar-refractivity contribution >= 4 is 5.69 Å². The zero-order chi connectivity index (χ0) is 15.5. The monoisotopic (exact) mass is 300 g/mol. The van der Waals surface area contributed by atoms with Gasteiger partial charge in [-0.2, -0.15) is 13.2 Å². The van der Waals surface area contributed by atoms with Crippen LogP contribution in [0.15, 0.2) is 24.3 Å². The first-order valence-corrected chi connectivity index (χ1v) is 7.51. The second kappa shape index (κ2) is 6.69. The number of nitrogens with zero attached hydrogens (tertiary/aromatic N) is 1. The summed E-state index contributed by atoms with van der Waals surface area (Å²) < 4.78 is 38.2. The first-order valence-electron chi connectivity index (χ1n) is 7.51. The number of rotatable bonds is 4. The van der Waals surface area contributed by atoms with Crippen molar-refractivity contribution in [1.29, 1.82) is 0 Å². The molecule has 0 spiro atoms. The Morgan fingerprint density at radius 3 is 2.38 bits per heavy atom. The number of para-hydroxylation sites is 1. The van der Waals surface area contributed by atoms with Crippen LogP contribution in [0.1, 0.15) is 32.3 Å². The van der Waals surface area contributed by atoms with Crippen LogP contribution in [0.4, 0.5) is 18.9 Å². The lowest BCUT2D eigenvalue weighted by Crippen LogP contribution is -2.39. The van der Waals surface area contributed by atoms with Gasteiger partial charge in [0.25, 0.3) is 0 Å². The lowest BCUT2D eigenvalue weighted by atomic mass is 9.95. The molecule has 1 aliphatic rings. The van der Waals surface area contributed by atoms with Crippen molar-refractivity contribution in [2.75, 3.05) is 18.0 Å². The zero-order valence-corrected chi connectivity index (χ0v) is 12.6. The number of hydrogen-bond acceptors (Lipinski definition) is 2. The molecular formula is C16H23F3N2. The minimum absolute atomic E-state index is 0.190. The Morgan fingerprint density at radius 2 is 1.81 bits per heavy atom. The quantitative estimate of drug-likeness (QED) is 0.905. The van der Waals surface area contributed by atoms with Crippen LogP contribution in [-0.2, 0) is 6.54 Å². The molecule has 0 bridgehead atoms. The van der Waals surface area contributed by atoms with Crippen molar-refractivity contribution in [2.45, 2.75) is 45.5 Å². The van der Waals surface area contributed by atoms with E-state index in [4.69, 9.17) is 0 Å². The maximum atomic E-state index is 12.7. The molecule has 0 atom stereocenters. The average Bonchev–Trinajstić information content (AvgIpc) is 2.44. The molecule has 21 heavy (non-hydrogen) atoms. The van der Waals surface area contributed by atoms with Gasteiger partial charge < -0.3 is 10.2 Å². The third-order valence-corrected chi connectivity index (χ3v) is 3.99. The van der Waals surface area contributed by atoms with Gasteiger partial charge in [0.1, 0.15) is 0 Å². The van der Waals surface area contributed by atoms with Crippen LogP contribution in [0.25, 0.3) is 0 Å². The van der Waals surface area contributed by atoms with Gasteiger partial charge >= 0.3 is 6.18 Å². The predicted molar refractivity (Wildman–Crippen MR) is 79.4 cm³/mol. The molecule has 118 valence electrons. The molecule has 1 N–H and O–H groups in total. The molecule has 0 unspecified atom stereocenters. The van der Waals surface area contributed by atoms with Gasteiger partial charge in [-0.25, -0.2) is 0 Å². The number of hydrogen-bond donors (Lipinski definition) is 1. The highest BCUT2D eigenvalue weighted by Gasteiger charge is 2.41. The van der Waals surface area contributed by atoms with Crippen molar-refractivity contribution < 1.29 is 13.2 Å². The van der Waals surface area contributed by atoms with Crippen LogP contribution in [0, 0.1) is 5.92 Å². The van der Waals surface area contributed by atoms with E-state index in [0.717, 1.165) is 17.8 Å². The number of benzene rings is 1. The molecule has 1 heterocycles. The average molecular weight is 300 g/mol. The highest BCUT2D eigenvalue weighted by Crippen LogP contribution is 2.36. The third kappa shape index (κ3) is 4.37. The number of nitrogens with one attached hydrogen (secondary N) is 1. The van der Waals surface area contributed by atoms with E-state index in [1.165, 1.54) is 0 Å². The fourth-order valence-corrected chi connectivity index (χ4v) is 2.73. The first kappa shape index (κ1) is 16.1. The molecule has 0 aromatic heterocycles. The van der Waals surface area contributed by atoms with Crippen LogP contribution in [0.2, 0.25) is 0 Å².